The highest BCUT2D eigenvalue weighted by Crippen LogP contribution is 2.22. The summed E-state index contributed by atoms with van der Waals surface area (Å²) < 4.78 is 5.20. The molecule has 1 aromatic carbocycles. The van der Waals surface area contributed by atoms with Gasteiger partial charge in [-0.25, -0.2) is 4.98 Å². The molecule has 0 saturated carbocycles. The quantitative estimate of drug-likeness (QED) is 0.845. The molecular formula is C17H24N2OS. The Kier molecular flexibility index (Phi) is 5.76. The molecule has 0 bridgehead atoms. The van der Waals surface area contributed by atoms with Crippen LogP contribution in [-0.2, 0) is 6.42 Å². The molecule has 0 aliphatic heterocycles. The lowest BCUT2D eigenvalue weighted by molar-refractivity contribution is 0.414. The predicted octanol–water partition coefficient (Wildman–Crippen LogP) is 3.78. The SMILES string of the molecule is COc1ccc([C@H](C)[C@H](C)NCCc2csc(C)n2)cc1. The van der Waals surface area contributed by atoms with Gasteiger partial charge in [-0.2, -0.15) is 0 Å². The molecule has 0 saturated heterocycles. The third-order valence-electron chi connectivity index (χ3n) is 3.91. The summed E-state index contributed by atoms with van der Waals surface area (Å²) in [5.41, 5.74) is 2.52. The van der Waals surface area contributed by atoms with Gasteiger partial charge in [0, 0.05) is 24.4 Å². The molecule has 0 aliphatic carbocycles. The van der Waals surface area contributed by atoms with Crippen LogP contribution < -0.4 is 10.1 Å². The zero-order valence-corrected chi connectivity index (χ0v) is 14.0. The molecule has 1 N–H and O–H groups in total. The van der Waals surface area contributed by atoms with E-state index in [0.717, 1.165) is 23.7 Å². The van der Waals surface area contributed by atoms with Gasteiger partial charge in [-0.05, 0) is 37.5 Å². The Bertz CT molecular complexity index is 550. The Labute approximate surface area is 131 Å². The number of nitrogens with zero attached hydrogens (tertiary/aromatic N) is 1. The standard InChI is InChI=1S/C17H24N2OS/c1-12(15-5-7-17(20-4)8-6-15)13(2)18-10-9-16-11-21-14(3)19-16/h5-8,11-13,18H,9-10H2,1-4H3/t12-,13+/m1/s1. The molecule has 114 valence electrons. The Hall–Kier alpha value is -1.39. The van der Waals surface area contributed by atoms with Crippen molar-refractivity contribution in [3.05, 3.63) is 45.9 Å². The van der Waals surface area contributed by atoms with Gasteiger partial charge in [0.25, 0.3) is 0 Å². The monoisotopic (exact) mass is 304 g/mol. The van der Waals surface area contributed by atoms with Gasteiger partial charge >= 0.3 is 0 Å². The van der Waals surface area contributed by atoms with Crippen LogP contribution in [0.1, 0.15) is 36.0 Å². The Balaban J connectivity index is 1.82. The molecule has 1 heterocycles. The van der Waals surface area contributed by atoms with Gasteiger partial charge in [-0.15, -0.1) is 11.3 Å². The maximum Gasteiger partial charge on any atom is 0.118 e. The largest absolute Gasteiger partial charge is 0.497 e. The molecule has 2 rings (SSSR count). The van der Waals surface area contributed by atoms with Crippen molar-refractivity contribution >= 4 is 11.3 Å². The lowest BCUT2D eigenvalue weighted by Crippen LogP contribution is -2.32. The molecule has 2 aromatic rings. The summed E-state index contributed by atoms with van der Waals surface area (Å²) in [6.07, 6.45) is 0.990. The maximum absolute atomic E-state index is 5.20. The zero-order valence-electron chi connectivity index (χ0n) is 13.2. The van der Waals surface area contributed by atoms with E-state index in [9.17, 15) is 0 Å². The topological polar surface area (TPSA) is 34.1 Å². The molecule has 2 atom stereocenters. The highest BCUT2D eigenvalue weighted by atomic mass is 32.1. The van der Waals surface area contributed by atoms with Crippen molar-refractivity contribution in [2.24, 2.45) is 0 Å². The third kappa shape index (κ3) is 4.55. The van der Waals surface area contributed by atoms with Crippen LogP contribution in [-0.4, -0.2) is 24.7 Å². The van der Waals surface area contributed by atoms with Crippen molar-refractivity contribution in [3.8, 4) is 5.75 Å². The Morgan fingerprint density at radius 1 is 1.24 bits per heavy atom. The van der Waals surface area contributed by atoms with Crippen molar-refractivity contribution in [2.75, 3.05) is 13.7 Å². The number of methoxy groups -OCH3 is 1. The summed E-state index contributed by atoms with van der Waals surface area (Å²) in [7, 11) is 1.70. The van der Waals surface area contributed by atoms with E-state index in [-0.39, 0.29) is 0 Å². The first-order chi connectivity index (χ1) is 10.1. The second-order valence-electron chi connectivity index (χ2n) is 5.41. The van der Waals surface area contributed by atoms with Crippen LogP contribution in [0.25, 0.3) is 0 Å². The fourth-order valence-electron chi connectivity index (χ4n) is 2.32. The molecule has 0 fully saturated rings. The minimum absolute atomic E-state index is 0.429. The summed E-state index contributed by atoms with van der Waals surface area (Å²) >= 11 is 1.72. The van der Waals surface area contributed by atoms with Gasteiger partial charge in [0.2, 0.25) is 0 Å². The summed E-state index contributed by atoms with van der Waals surface area (Å²) in [4.78, 5) is 4.49. The van der Waals surface area contributed by atoms with Gasteiger partial charge < -0.3 is 10.1 Å². The van der Waals surface area contributed by atoms with Crippen molar-refractivity contribution in [3.63, 3.8) is 0 Å². The first-order valence-corrected chi connectivity index (χ1v) is 8.26. The fourth-order valence-corrected chi connectivity index (χ4v) is 2.97. The van der Waals surface area contributed by atoms with Crippen LogP contribution in [0.15, 0.2) is 29.6 Å². The van der Waals surface area contributed by atoms with Crippen molar-refractivity contribution in [1.29, 1.82) is 0 Å². The van der Waals surface area contributed by atoms with Gasteiger partial charge in [-0.1, -0.05) is 19.1 Å². The molecule has 21 heavy (non-hydrogen) atoms. The van der Waals surface area contributed by atoms with Gasteiger partial charge in [0.1, 0.15) is 5.75 Å². The van der Waals surface area contributed by atoms with Crippen LogP contribution in [0.5, 0.6) is 5.75 Å². The smallest absolute Gasteiger partial charge is 0.118 e. The van der Waals surface area contributed by atoms with Crippen LogP contribution >= 0.6 is 11.3 Å². The van der Waals surface area contributed by atoms with E-state index in [1.54, 1.807) is 18.4 Å². The van der Waals surface area contributed by atoms with Gasteiger partial charge in [0.15, 0.2) is 0 Å². The van der Waals surface area contributed by atoms with Gasteiger partial charge in [0.05, 0.1) is 17.8 Å². The number of aromatic nitrogens is 1. The summed E-state index contributed by atoms with van der Waals surface area (Å²) in [6.45, 7) is 7.51. The fraction of sp³-hybridized carbons (Fsp3) is 0.471. The molecule has 0 aliphatic rings. The number of ether oxygens (including phenoxy) is 1. The first kappa shape index (κ1) is 16.0. The predicted molar refractivity (Wildman–Crippen MR) is 89.4 cm³/mol. The minimum Gasteiger partial charge on any atom is -0.497 e. The van der Waals surface area contributed by atoms with E-state index in [1.807, 2.05) is 12.1 Å². The highest BCUT2D eigenvalue weighted by molar-refractivity contribution is 7.09. The second-order valence-corrected chi connectivity index (χ2v) is 6.47. The lowest BCUT2D eigenvalue weighted by Gasteiger charge is -2.22. The number of thiazole rings is 1. The molecule has 0 amide bonds. The number of nitrogens with one attached hydrogen (secondary N) is 1. The lowest BCUT2D eigenvalue weighted by atomic mass is 9.94. The van der Waals surface area contributed by atoms with E-state index < -0.39 is 0 Å². The van der Waals surface area contributed by atoms with E-state index in [2.05, 4.69) is 48.6 Å². The molecule has 0 radical (unpaired) electrons. The first-order valence-electron chi connectivity index (χ1n) is 7.38. The normalized spacial score (nSPS) is 13.9. The van der Waals surface area contributed by atoms with E-state index >= 15 is 0 Å². The van der Waals surface area contributed by atoms with Gasteiger partial charge in [-0.3, -0.25) is 0 Å². The third-order valence-corrected chi connectivity index (χ3v) is 4.73. The number of rotatable bonds is 7. The summed E-state index contributed by atoms with van der Waals surface area (Å²) in [6, 6.07) is 8.77. The molecule has 0 spiro atoms. The van der Waals surface area contributed by atoms with Crippen LogP contribution in [0.2, 0.25) is 0 Å². The highest BCUT2D eigenvalue weighted by Gasteiger charge is 2.13. The number of hydrogen-bond acceptors (Lipinski definition) is 4. The average Bonchev–Trinajstić information content (AvgIpc) is 2.92. The van der Waals surface area contributed by atoms with Crippen LogP contribution in [0.3, 0.4) is 0 Å². The number of benzene rings is 1. The van der Waals surface area contributed by atoms with Crippen LogP contribution in [0.4, 0.5) is 0 Å². The molecule has 1 aromatic heterocycles. The summed E-state index contributed by atoms with van der Waals surface area (Å²) in [5, 5.41) is 6.89. The molecule has 3 nitrogen and oxygen atoms in total. The van der Waals surface area contributed by atoms with E-state index in [1.165, 1.54) is 11.3 Å². The van der Waals surface area contributed by atoms with Crippen molar-refractivity contribution in [1.82, 2.24) is 10.3 Å². The summed E-state index contributed by atoms with van der Waals surface area (Å²) in [5.74, 6) is 1.37. The average molecular weight is 304 g/mol. The van der Waals surface area contributed by atoms with Crippen LogP contribution in [0, 0.1) is 6.92 Å². The maximum atomic E-state index is 5.20. The number of hydrogen-bond donors (Lipinski definition) is 1. The minimum atomic E-state index is 0.429. The number of aryl methyl sites for hydroxylation is 1. The van der Waals surface area contributed by atoms with E-state index in [0.29, 0.717) is 12.0 Å². The van der Waals surface area contributed by atoms with Crippen molar-refractivity contribution < 1.29 is 4.74 Å². The Morgan fingerprint density at radius 2 is 1.95 bits per heavy atom. The molecular weight excluding hydrogens is 280 g/mol. The Morgan fingerprint density at radius 3 is 2.52 bits per heavy atom. The molecule has 0 unspecified atom stereocenters. The second kappa shape index (κ2) is 7.57. The molecule has 4 heteroatoms. The zero-order chi connectivity index (χ0) is 15.2. The van der Waals surface area contributed by atoms with E-state index in [4.69, 9.17) is 4.74 Å². The van der Waals surface area contributed by atoms with Crippen molar-refractivity contribution in [2.45, 2.75) is 39.2 Å².